The molecular weight excluding hydrogens is 258 g/mol. The molecule has 2 heterocycles. The van der Waals surface area contributed by atoms with Crippen LogP contribution in [0.4, 0.5) is 0 Å². The van der Waals surface area contributed by atoms with E-state index in [1.165, 1.54) is 0 Å². The highest BCUT2D eigenvalue weighted by atomic mass is 16.5. The Morgan fingerprint density at radius 1 is 1.60 bits per heavy atom. The molecule has 2 aliphatic rings. The van der Waals surface area contributed by atoms with Crippen LogP contribution in [0.3, 0.4) is 0 Å². The molecule has 3 rings (SSSR count). The van der Waals surface area contributed by atoms with Crippen molar-refractivity contribution in [2.45, 2.75) is 50.9 Å². The van der Waals surface area contributed by atoms with Gasteiger partial charge in [-0.3, -0.25) is 9.69 Å². The van der Waals surface area contributed by atoms with Gasteiger partial charge in [0.15, 0.2) is 0 Å². The fraction of sp³-hybridized carbons (Fsp3) is 0.769. The summed E-state index contributed by atoms with van der Waals surface area (Å²) in [5, 5.41) is 8.06. The average molecular weight is 279 g/mol. The number of carbonyl (C=O) groups is 1. The van der Waals surface area contributed by atoms with Gasteiger partial charge in [-0.25, -0.2) is 0 Å². The number of ether oxygens (including phenoxy) is 1. The molecule has 7 heteroatoms. The second kappa shape index (κ2) is 5.14. The van der Waals surface area contributed by atoms with Gasteiger partial charge < -0.3 is 15.0 Å². The Kier molecular flexibility index (Phi) is 3.47. The third-order valence-electron chi connectivity index (χ3n) is 4.39. The van der Waals surface area contributed by atoms with Crippen LogP contribution < -0.4 is 5.73 Å². The van der Waals surface area contributed by atoms with E-state index in [1.807, 2.05) is 6.92 Å². The van der Waals surface area contributed by atoms with E-state index in [0.29, 0.717) is 25.5 Å². The molecule has 1 aliphatic heterocycles. The van der Waals surface area contributed by atoms with Gasteiger partial charge in [0, 0.05) is 19.1 Å². The molecule has 0 bridgehead atoms. The second-order valence-electron chi connectivity index (χ2n) is 5.68. The van der Waals surface area contributed by atoms with Crippen molar-refractivity contribution in [3.63, 3.8) is 0 Å². The van der Waals surface area contributed by atoms with Gasteiger partial charge in [0.2, 0.25) is 0 Å². The maximum Gasteiger partial charge on any atom is 0.326 e. The number of nitrogens with two attached hydrogens (primary N) is 1. The van der Waals surface area contributed by atoms with E-state index in [2.05, 4.69) is 19.7 Å². The fourth-order valence-corrected chi connectivity index (χ4v) is 3.22. The van der Waals surface area contributed by atoms with Crippen molar-refractivity contribution < 1.29 is 9.53 Å². The summed E-state index contributed by atoms with van der Waals surface area (Å²) in [6.07, 6.45) is 4.07. The summed E-state index contributed by atoms with van der Waals surface area (Å²) in [6.45, 7) is 4.83. The minimum atomic E-state index is -0.814. The average Bonchev–Trinajstić information content (AvgIpc) is 3.05. The van der Waals surface area contributed by atoms with Crippen LogP contribution in [0.5, 0.6) is 0 Å². The van der Waals surface area contributed by atoms with E-state index in [4.69, 9.17) is 10.5 Å². The van der Waals surface area contributed by atoms with Gasteiger partial charge in [-0.1, -0.05) is 0 Å². The molecule has 0 aromatic carbocycles. The summed E-state index contributed by atoms with van der Waals surface area (Å²) < 4.78 is 7.18. The number of hydrogen-bond donors (Lipinski definition) is 1. The fourth-order valence-electron chi connectivity index (χ4n) is 3.22. The lowest BCUT2D eigenvalue weighted by molar-refractivity contribution is -0.149. The summed E-state index contributed by atoms with van der Waals surface area (Å²) in [6, 6.07) is 0.329. The molecule has 1 saturated carbocycles. The van der Waals surface area contributed by atoms with Crippen molar-refractivity contribution in [1.29, 1.82) is 0 Å². The number of esters is 1. The highest BCUT2D eigenvalue weighted by molar-refractivity contribution is 5.81. The molecule has 1 aliphatic carbocycles. The zero-order chi connectivity index (χ0) is 14.2. The number of nitrogens with zero attached hydrogens (tertiary/aromatic N) is 4. The summed E-state index contributed by atoms with van der Waals surface area (Å²) in [5.41, 5.74) is 5.41. The maximum absolute atomic E-state index is 12.0. The van der Waals surface area contributed by atoms with Crippen LogP contribution in [0.1, 0.15) is 32.0 Å². The van der Waals surface area contributed by atoms with Crippen LogP contribution in [0.2, 0.25) is 0 Å². The molecule has 2 N–H and O–H groups in total. The maximum atomic E-state index is 12.0. The first-order valence-electron chi connectivity index (χ1n) is 7.19. The molecule has 1 fully saturated rings. The number of rotatable bonds is 3. The van der Waals surface area contributed by atoms with Crippen molar-refractivity contribution in [2.75, 3.05) is 13.2 Å². The summed E-state index contributed by atoms with van der Waals surface area (Å²) in [4.78, 5) is 14.3. The smallest absolute Gasteiger partial charge is 0.326 e. The van der Waals surface area contributed by atoms with Gasteiger partial charge in [-0.2, -0.15) is 0 Å². The van der Waals surface area contributed by atoms with E-state index < -0.39 is 5.54 Å². The second-order valence-corrected chi connectivity index (χ2v) is 5.68. The van der Waals surface area contributed by atoms with Crippen LogP contribution in [0.15, 0.2) is 6.33 Å². The summed E-state index contributed by atoms with van der Waals surface area (Å²) in [7, 11) is 0. The Labute approximate surface area is 118 Å². The molecule has 1 aromatic rings. The number of fused-ring (bicyclic) bond motifs is 1. The van der Waals surface area contributed by atoms with E-state index in [0.717, 1.165) is 31.9 Å². The largest absolute Gasteiger partial charge is 0.465 e. The molecule has 0 saturated heterocycles. The first-order chi connectivity index (χ1) is 9.62. The lowest BCUT2D eigenvalue weighted by atomic mass is 9.99. The molecule has 2 unspecified atom stereocenters. The van der Waals surface area contributed by atoms with E-state index in [-0.39, 0.29) is 5.97 Å². The summed E-state index contributed by atoms with van der Waals surface area (Å²) in [5.74, 6) is 0.726. The molecule has 7 nitrogen and oxygen atoms in total. The van der Waals surface area contributed by atoms with Crippen LogP contribution >= 0.6 is 0 Å². The highest BCUT2D eigenvalue weighted by Crippen LogP contribution is 2.33. The van der Waals surface area contributed by atoms with E-state index in [9.17, 15) is 4.79 Å². The van der Waals surface area contributed by atoms with E-state index >= 15 is 0 Å². The zero-order valence-electron chi connectivity index (χ0n) is 11.8. The molecular formula is C13H21N5O2. The van der Waals surface area contributed by atoms with Crippen molar-refractivity contribution in [3.8, 4) is 0 Å². The molecule has 20 heavy (non-hydrogen) atoms. The third kappa shape index (κ3) is 2.31. The van der Waals surface area contributed by atoms with Crippen LogP contribution in [0, 0.1) is 0 Å². The van der Waals surface area contributed by atoms with E-state index in [1.54, 1.807) is 6.33 Å². The molecule has 1 aromatic heterocycles. The number of carbonyl (C=O) groups excluding carboxylic acids is 1. The van der Waals surface area contributed by atoms with Crippen molar-refractivity contribution in [3.05, 3.63) is 12.2 Å². The predicted octanol–water partition coefficient (Wildman–Crippen LogP) is -0.0932. The van der Waals surface area contributed by atoms with Gasteiger partial charge in [0.1, 0.15) is 17.7 Å². The topological polar surface area (TPSA) is 86.3 Å². The Morgan fingerprint density at radius 2 is 2.45 bits per heavy atom. The Hall–Kier alpha value is -1.47. The molecule has 0 radical (unpaired) electrons. The molecule has 110 valence electrons. The Morgan fingerprint density at radius 3 is 3.25 bits per heavy atom. The normalized spacial score (nSPS) is 30.2. The van der Waals surface area contributed by atoms with Gasteiger partial charge in [0.25, 0.3) is 0 Å². The van der Waals surface area contributed by atoms with Crippen molar-refractivity contribution in [2.24, 2.45) is 5.73 Å². The minimum absolute atomic E-state index is 0.261. The molecule has 0 spiro atoms. The predicted molar refractivity (Wildman–Crippen MR) is 71.6 cm³/mol. The highest BCUT2D eigenvalue weighted by Gasteiger charge is 2.45. The Balaban J connectivity index is 1.65. The first kappa shape index (κ1) is 13.5. The van der Waals surface area contributed by atoms with Gasteiger partial charge >= 0.3 is 5.97 Å². The zero-order valence-corrected chi connectivity index (χ0v) is 11.8. The first-order valence-corrected chi connectivity index (χ1v) is 7.19. The number of hydrogen-bond acceptors (Lipinski definition) is 6. The lowest BCUT2D eigenvalue weighted by Gasteiger charge is -2.33. The van der Waals surface area contributed by atoms with Crippen LogP contribution in [0.25, 0.3) is 0 Å². The van der Waals surface area contributed by atoms with Gasteiger partial charge in [-0.15, -0.1) is 10.2 Å². The quantitative estimate of drug-likeness (QED) is 0.778. The minimum Gasteiger partial charge on any atom is -0.465 e. The Bertz CT molecular complexity index is 503. The molecule has 0 amide bonds. The molecule has 2 atom stereocenters. The van der Waals surface area contributed by atoms with Crippen LogP contribution in [-0.4, -0.2) is 50.4 Å². The van der Waals surface area contributed by atoms with Gasteiger partial charge in [0.05, 0.1) is 13.2 Å². The van der Waals surface area contributed by atoms with Gasteiger partial charge in [-0.05, 0) is 26.2 Å². The monoisotopic (exact) mass is 279 g/mol. The lowest BCUT2D eigenvalue weighted by Crippen LogP contribution is -2.49. The number of aromatic nitrogens is 3. The van der Waals surface area contributed by atoms with Crippen LogP contribution in [-0.2, 0) is 22.6 Å². The summed E-state index contributed by atoms with van der Waals surface area (Å²) >= 11 is 0. The van der Waals surface area contributed by atoms with Crippen molar-refractivity contribution >= 4 is 5.97 Å². The SMILES string of the molecule is CCOC(=O)C1(N)CCC(N2CCn3cnnc3C2)C1. The standard InChI is InChI=1S/C13H21N5O2/c1-2-20-12(19)13(14)4-3-10(7-13)17-5-6-18-9-15-16-11(18)8-17/h9-10H,2-8,14H2,1H3. The van der Waals surface area contributed by atoms with Crippen molar-refractivity contribution in [1.82, 2.24) is 19.7 Å². The third-order valence-corrected chi connectivity index (χ3v) is 4.39.